The fourth-order valence-electron chi connectivity index (χ4n) is 3.67. The van der Waals surface area contributed by atoms with Crippen LogP contribution in [0.25, 0.3) is 22.5 Å². The highest BCUT2D eigenvalue weighted by Gasteiger charge is 2.14. The zero-order chi connectivity index (χ0) is 27.9. The van der Waals surface area contributed by atoms with Gasteiger partial charge in [0.2, 0.25) is 0 Å². The van der Waals surface area contributed by atoms with E-state index in [2.05, 4.69) is 19.9 Å². The molecule has 1 aromatic carbocycles. The highest BCUT2D eigenvalue weighted by atomic mass is 32.2. The molecule has 0 aliphatic carbocycles. The summed E-state index contributed by atoms with van der Waals surface area (Å²) in [6, 6.07) is 21.9. The lowest BCUT2D eigenvalue weighted by molar-refractivity contribution is 1.27. The average molecular weight is 559 g/mol. The van der Waals surface area contributed by atoms with Crippen LogP contribution in [0, 0.1) is 21.6 Å². The molecule has 8 nitrogen and oxygen atoms in total. The number of aromatic nitrogens is 4. The van der Waals surface area contributed by atoms with Crippen molar-refractivity contribution in [3.05, 3.63) is 132 Å². The lowest BCUT2D eigenvalue weighted by atomic mass is 10.1. The molecule has 40 heavy (non-hydrogen) atoms. The Hall–Kier alpha value is -4.80. The van der Waals surface area contributed by atoms with Crippen molar-refractivity contribution in [1.82, 2.24) is 19.9 Å². The Labute approximate surface area is 239 Å². The summed E-state index contributed by atoms with van der Waals surface area (Å²) in [5.74, 6) is 0. The molecule has 0 radical (unpaired) electrons. The maximum absolute atomic E-state index is 8.55. The molecule has 194 valence electrons. The molecule has 0 unspecified atom stereocenters. The van der Waals surface area contributed by atoms with Crippen LogP contribution in [0.2, 0.25) is 0 Å². The van der Waals surface area contributed by atoms with Gasteiger partial charge in [-0.1, -0.05) is 41.7 Å². The van der Waals surface area contributed by atoms with Gasteiger partial charge in [-0.25, -0.2) is 0 Å². The SMILES string of the molecule is N=C(SC(=N)c1cccc(C(=N)SC(=N)c2ccc(-c3cccnc3)nc2)c1)c1ccc(-c2cccnc2)nc1. The molecule has 4 aromatic heterocycles. The molecule has 0 atom stereocenters. The van der Waals surface area contributed by atoms with Gasteiger partial charge in [0, 0.05) is 70.6 Å². The highest BCUT2D eigenvalue weighted by molar-refractivity contribution is 8.27. The number of rotatable bonds is 6. The summed E-state index contributed by atoms with van der Waals surface area (Å²) in [6.07, 6.45) is 10.1. The number of benzene rings is 1. The second kappa shape index (κ2) is 12.4. The minimum Gasteiger partial charge on any atom is -0.293 e. The minimum atomic E-state index is 0.186. The van der Waals surface area contributed by atoms with Crippen molar-refractivity contribution < 1.29 is 0 Å². The predicted molar refractivity (Wildman–Crippen MR) is 164 cm³/mol. The van der Waals surface area contributed by atoms with Gasteiger partial charge in [-0.05, 0) is 54.6 Å². The second-order valence-electron chi connectivity index (χ2n) is 8.45. The fraction of sp³-hybridized carbons (Fsp3) is 0. The van der Waals surface area contributed by atoms with Gasteiger partial charge < -0.3 is 0 Å². The molecule has 0 aliphatic heterocycles. The van der Waals surface area contributed by atoms with Crippen molar-refractivity contribution in [3.63, 3.8) is 0 Å². The Balaban J connectivity index is 1.21. The molecule has 0 amide bonds. The predicted octanol–water partition coefficient (Wildman–Crippen LogP) is 6.77. The smallest absolute Gasteiger partial charge is 0.102 e. The molecule has 4 heterocycles. The van der Waals surface area contributed by atoms with Gasteiger partial charge in [0.1, 0.15) is 20.2 Å². The zero-order valence-corrected chi connectivity index (χ0v) is 22.6. The minimum absolute atomic E-state index is 0.186. The van der Waals surface area contributed by atoms with Crippen molar-refractivity contribution in [2.24, 2.45) is 0 Å². The average Bonchev–Trinajstić information content (AvgIpc) is 3.02. The standard InChI is InChI=1S/C30H22N8S2/c31-27(39-29(33)23-8-10-25(37-17-23)21-6-2-12-35-15-21)19-4-1-5-20(14-19)28(32)40-30(34)24-9-11-26(38-18-24)22-7-3-13-36-16-22/h1-18,31-34H. The van der Waals surface area contributed by atoms with Crippen LogP contribution in [0.3, 0.4) is 0 Å². The monoisotopic (exact) mass is 558 g/mol. The quantitative estimate of drug-likeness (QED) is 0.134. The molecule has 0 saturated heterocycles. The lowest BCUT2D eigenvalue weighted by Gasteiger charge is -2.10. The number of hydrogen-bond acceptors (Lipinski definition) is 10. The van der Waals surface area contributed by atoms with E-state index in [1.165, 1.54) is 0 Å². The summed E-state index contributed by atoms with van der Waals surface area (Å²) in [4.78, 5) is 17.1. The third kappa shape index (κ3) is 6.42. The van der Waals surface area contributed by atoms with E-state index in [4.69, 9.17) is 21.6 Å². The number of nitrogens with one attached hydrogen (secondary N) is 4. The van der Waals surface area contributed by atoms with E-state index < -0.39 is 0 Å². The zero-order valence-electron chi connectivity index (χ0n) is 21.0. The Morgan fingerprint density at radius 1 is 0.475 bits per heavy atom. The molecule has 5 aromatic rings. The summed E-state index contributed by atoms with van der Waals surface area (Å²) in [6.45, 7) is 0. The van der Waals surface area contributed by atoms with E-state index in [1.807, 2.05) is 48.5 Å². The first-order chi connectivity index (χ1) is 19.5. The van der Waals surface area contributed by atoms with Crippen molar-refractivity contribution in [3.8, 4) is 22.5 Å². The van der Waals surface area contributed by atoms with Crippen LogP contribution in [0.15, 0.2) is 110 Å². The molecule has 0 aliphatic rings. The van der Waals surface area contributed by atoms with E-state index in [9.17, 15) is 0 Å². The molecule has 0 bridgehead atoms. The fourth-order valence-corrected chi connectivity index (χ4v) is 5.04. The summed E-state index contributed by atoms with van der Waals surface area (Å²) in [5, 5.41) is 34.8. The summed E-state index contributed by atoms with van der Waals surface area (Å²) >= 11 is 2.04. The van der Waals surface area contributed by atoms with Crippen LogP contribution < -0.4 is 0 Å². The summed E-state index contributed by atoms with van der Waals surface area (Å²) in [7, 11) is 0. The molecule has 5 rings (SSSR count). The van der Waals surface area contributed by atoms with E-state index >= 15 is 0 Å². The normalized spacial score (nSPS) is 10.6. The van der Waals surface area contributed by atoms with Crippen LogP contribution in [0.1, 0.15) is 22.3 Å². The van der Waals surface area contributed by atoms with Crippen LogP contribution in [0.4, 0.5) is 0 Å². The largest absolute Gasteiger partial charge is 0.293 e. The Morgan fingerprint density at radius 3 is 1.30 bits per heavy atom. The van der Waals surface area contributed by atoms with E-state index in [1.54, 1.807) is 61.4 Å². The molecule has 0 fully saturated rings. The Kier molecular flexibility index (Phi) is 8.29. The topological polar surface area (TPSA) is 147 Å². The van der Waals surface area contributed by atoms with Gasteiger partial charge in [0.05, 0.1) is 11.4 Å². The number of thioether (sulfide) groups is 2. The van der Waals surface area contributed by atoms with Crippen molar-refractivity contribution in [2.45, 2.75) is 0 Å². The maximum Gasteiger partial charge on any atom is 0.102 e. The molecule has 0 saturated carbocycles. The number of nitrogens with zero attached hydrogens (tertiary/aromatic N) is 4. The van der Waals surface area contributed by atoms with Gasteiger partial charge >= 0.3 is 0 Å². The molecular formula is C30H22N8S2. The lowest BCUT2D eigenvalue weighted by Crippen LogP contribution is -2.05. The van der Waals surface area contributed by atoms with Crippen LogP contribution >= 0.6 is 23.5 Å². The summed E-state index contributed by atoms with van der Waals surface area (Å²) < 4.78 is 0. The van der Waals surface area contributed by atoms with E-state index in [0.29, 0.717) is 22.3 Å². The maximum atomic E-state index is 8.55. The number of pyridine rings is 4. The first-order valence-corrected chi connectivity index (χ1v) is 13.7. The van der Waals surface area contributed by atoms with Crippen LogP contribution in [-0.4, -0.2) is 40.1 Å². The van der Waals surface area contributed by atoms with Gasteiger partial charge in [0.25, 0.3) is 0 Å². The van der Waals surface area contributed by atoms with Gasteiger partial charge in [-0.2, -0.15) is 0 Å². The summed E-state index contributed by atoms with van der Waals surface area (Å²) in [5.41, 5.74) is 5.71. The van der Waals surface area contributed by atoms with Gasteiger partial charge in [-0.3, -0.25) is 41.6 Å². The first kappa shape index (κ1) is 26.8. The molecule has 10 heteroatoms. The van der Waals surface area contributed by atoms with Crippen molar-refractivity contribution in [2.75, 3.05) is 0 Å². The first-order valence-electron chi connectivity index (χ1n) is 12.0. The Morgan fingerprint density at radius 2 is 0.925 bits per heavy atom. The third-order valence-corrected chi connectivity index (χ3v) is 7.52. The van der Waals surface area contributed by atoms with Crippen molar-refractivity contribution >= 4 is 43.7 Å². The van der Waals surface area contributed by atoms with E-state index in [0.717, 1.165) is 46.0 Å². The molecule has 4 N–H and O–H groups in total. The van der Waals surface area contributed by atoms with E-state index in [-0.39, 0.29) is 20.2 Å². The van der Waals surface area contributed by atoms with Gasteiger partial charge in [0.15, 0.2) is 0 Å². The van der Waals surface area contributed by atoms with Crippen LogP contribution in [-0.2, 0) is 0 Å². The Bertz CT molecular complexity index is 1560. The third-order valence-electron chi connectivity index (χ3n) is 5.76. The highest BCUT2D eigenvalue weighted by Crippen LogP contribution is 2.24. The second-order valence-corrected chi connectivity index (χ2v) is 10.5. The molecule has 0 spiro atoms. The van der Waals surface area contributed by atoms with Crippen LogP contribution in [0.5, 0.6) is 0 Å². The van der Waals surface area contributed by atoms with Crippen molar-refractivity contribution in [1.29, 1.82) is 21.6 Å². The van der Waals surface area contributed by atoms with Gasteiger partial charge in [-0.15, -0.1) is 0 Å². The number of hydrogen-bond donors (Lipinski definition) is 4. The molecular weight excluding hydrogens is 537 g/mol.